The van der Waals surface area contributed by atoms with Gasteiger partial charge in [0.05, 0.1) is 25.6 Å². The van der Waals surface area contributed by atoms with Crippen LogP contribution in [0.5, 0.6) is 0 Å². The van der Waals surface area contributed by atoms with Gasteiger partial charge in [-0.25, -0.2) is 0 Å². The Bertz CT molecular complexity index is 411. The van der Waals surface area contributed by atoms with Gasteiger partial charge in [-0.3, -0.25) is 0 Å². The van der Waals surface area contributed by atoms with Gasteiger partial charge in [0.2, 0.25) is 0 Å². The van der Waals surface area contributed by atoms with Gasteiger partial charge < -0.3 is 15.5 Å². The molecule has 0 radical (unpaired) electrons. The zero-order valence-corrected chi connectivity index (χ0v) is 13.7. The fourth-order valence-corrected chi connectivity index (χ4v) is 4.68. The van der Waals surface area contributed by atoms with Gasteiger partial charge in [-0.15, -0.1) is 6.42 Å². The second kappa shape index (κ2) is 6.98. The van der Waals surface area contributed by atoms with E-state index in [0.29, 0.717) is 18.0 Å². The van der Waals surface area contributed by atoms with Crippen LogP contribution < -0.4 is 15.5 Å². The van der Waals surface area contributed by atoms with Crippen molar-refractivity contribution in [1.82, 2.24) is 10.6 Å². The van der Waals surface area contributed by atoms with Gasteiger partial charge in [-0.05, 0) is 31.0 Å². The lowest BCUT2D eigenvalue weighted by Gasteiger charge is -2.45. The third-order valence-corrected chi connectivity index (χ3v) is 5.98. The lowest BCUT2D eigenvalue weighted by Crippen LogP contribution is -3.20. The van der Waals surface area contributed by atoms with Crippen LogP contribution in [0.3, 0.4) is 0 Å². The van der Waals surface area contributed by atoms with Crippen LogP contribution in [0.1, 0.15) is 44.9 Å². The molecule has 1 unspecified atom stereocenters. The number of rotatable bonds is 3. The first-order valence-corrected chi connectivity index (χ1v) is 9.02. The van der Waals surface area contributed by atoms with Crippen LogP contribution in [-0.4, -0.2) is 36.8 Å². The molecule has 4 atom stereocenters. The van der Waals surface area contributed by atoms with E-state index in [4.69, 9.17) is 18.6 Å². The normalized spacial score (nSPS) is 36.0. The van der Waals surface area contributed by atoms with Crippen molar-refractivity contribution in [3.8, 4) is 12.3 Å². The summed E-state index contributed by atoms with van der Waals surface area (Å²) in [6.07, 6.45) is 14.8. The van der Waals surface area contributed by atoms with Crippen molar-refractivity contribution >= 4 is 17.3 Å². The Labute approximate surface area is 134 Å². The highest BCUT2D eigenvalue weighted by Gasteiger charge is 2.42. The smallest absolute Gasteiger partial charge is 0.166 e. The van der Waals surface area contributed by atoms with Crippen molar-refractivity contribution in [3.05, 3.63) is 0 Å². The van der Waals surface area contributed by atoms with E-state index in [1.165, 1.54) is 51.5 Å². The zero-order chi connectivity index (χ0) is 14.7. The van der Waals surface area contributed by atoms with Crippen molar-refractivity contribution in [2.45, 2.75) is 57.0 Å². The number of fused-ring (bicyclic) bond motifs is 3. The molecule has 3 nitrogen and oxygen atoms in total. The van der Waals surface area contributed by atoms with E-state index in [2.05, 4.69) is 16.6 Å². The molecule has 3 saturated heterocycles. The number of hydrogen-bond acceptors (Lipinski definition) is 1. The summed E-state index contributed by atoms with van der Waals surface area (Å²) in [5.74, 6) is 4.26. The van der Waals surface area contributed by atoms with E-state index in [1.54, 1.807) is 4.90 Å². The SMILES string of the molecule is C#C[C@H]1C[NH+]2CC[C@@H]1C[C@@H]2CNC(=S)NC1CCCCC1. The Morgan fingerprint density at radius 3 is 2.71 bits per heavy atom. The molecule has 3 heterocycles. The first-order valence-electron chi connectivity index (χ1n) is 8.61. The molecule has 0 aromatic carbocycles. The van der Waals surface area contributed by atoms with Gasteiger partial charge in [-0.2, -0.15) is 0 Å². The van der Waals surface area contributed by atoms with E-state index in [1.807, 2.05) is 0 Å². The first-order chi connectivity index (χ1) is 10.3. The highest BCUT2D eigenvalue weighted by Crippen LogP contribution is 2.26. The predicted octanol–water partition coefficient (Wildman–Crippen LogP) is 0.710. The van der Waals surface area contributed by atoms with Crippen LogP contribution in [0, 0.1) is 24.2 Å². The summed E-state index contributed by atoms with van der Waals surface area (Å²) in [4.78, 5) is 1.69. The number of piperidine rings is 3. The largest absolute Gasteiger partial charge is 0.360 e. The molecule has 116 valence electrons. The van der Waals surface area contributed by atoms with Crippen molar-refractivity contribution in [2.75, 3.05) is 19.6 Å². The molecule has 3 aliphatic heterocycles. The number of quaternary nitrogens is 1. The van der Waals surface area contributed by atoms with Gasteiger partial charge in [0, 0.05) is 18.9 Å². The monoisotopic (exact) mass is 306 g/mol. The predicted molar refractivity (Wildman–Crippen MR) is 90.1 cm³/mol. The minimum Gasteiger partial charge on any atom is -0.360 e. The standard InChI is InChI=1S/C17H27N3S/c1-2-13-12-20-9-8-14(13)10-16(20)11-18-17(21)19-15-6-4-3-5-7-15/h1,13-16H,3-12H2,(H2,18,19,21)/p+1/t13-,14+,16+/m0/s1. The fraction of sp³-hybridized carbons (Fsp3) is 0.824. The summed E-state index contributed by atoms with van der Waals surface area (Å²) >= 11 is 5.47. The average molecular weight is 306 g/mol. The van der Waals surface area contributed by atoms with Crippen molar-refractivity contribution in [2.24, 2.45) is 11.8 Å². The highest BCUT2D eigenvalue weighted by atomic mass is 32.1. The Hall–Kier alpha value is -0.790. The lowest BCUT2D eigenvalue weighted by atomic mass is 9.76. The number of nitrogens with one attached hydrogen (secondary N) is 3. The summed E-state index contributed by atoms with van der Waals surface area (Å²) < 4.78 is 0. The minimum atomic E-state index is 0.511. The fourth-order valence-electron chi connectivity index (χ4n) is 4.43. The van der Waals surface area contributed by atoms with E-state index >= 15 is 0 Å². The molecule has 4 aliphatic rings. The molecule has 4 rings (SSSR count). The number of thiocarbonyl (C=S) groups is 1. The molecule has 0 amide bonds. The van der Waals surface area contributed by atoms with Gasteiger partial charge in [0.25, 0.3) is 0 Å². The molecule has 0 aromatic rings. The number of hydrogen-bond donors (Lipinski definition) is 3. The van der Waals surface area contributed by atoms with Gasteiger partial charge in [0.15, 0.2) is 5.11 Å². The van der Waals surface area contributed by atoms with Gasteiger partial charge in [0.1, 0.15) is 6.04 Å². The molecule has 2 bridgehead atoms. The molecule has 1 saturated carbocycles. The van der Waals surface area contributed by atoms with E-state index in [0.717, 1.165) is 24.1 Å². The molecular weight excluding hydrogens is 278 g/mol. The maximum Gasteiger partial charge on any atom is 0.166 e. The molecule has 4 fully saturated rings. The van der Waals surface area contributed by atoms with Gasteiger partial charge in [-0.1, -0.05) is 25.2 Å². The molecule has 0 spiro atoms. The quantitative estimate of drug-likeness (QED) is 0.530. The Kier molecular flexibility index (Phi) is 5.03. The Balaban J connectivity index is 1.41. The Morgan fingerprint density at radius 1 is 1.24 bits per heavy atom. The molecule has 0 aromatic heterocycles. The first kappa shape index (κ1) is 15.1. The van der Waals surface area contributed by atoms with Gasteiger partial charge >= 0.3 is 0 Å². The summed E-state index contributed by atoms with van der Waals surface area (Å²) in [5.41, 5.74) is 0. The third-order valence-electron chi connectivity index (χ3n) is 5.72. The molecule has 21 heavy (non-hydrogen) atoms. The highest BCUT2D eigenvalue weighted by molar-refractivity contribution is 7.80. The maximum absolute atomic E-state index is 5.65. The summed E-state index contributed by atoms with van der Waals surface area (Å²) in [7, 11) is 0. The number of terminal acetylenes is 1. The van der Waals surface area contributed by atoms with Crippen molar-refractivity contribution < 1.29 is 4.90 Å². The average Bonchev–Trinajstić information content (AvgIpc) is 2.54. The molecular formula is C17H28N3S+. The van der Waals surface area contributed by atoms with Crippen LogP contribution in [0.25, 0.3) is 0 Å². The molecule has 1 aliphatic carbocycles. The van der Waals surface area contributed by atoms with Crippen LogP contribution in [-0.2, 0) is 0 Å². The second-order valence-electron chi connectivity index (χ2n) is 7.06. The second-order valence-corrected chi connectivity index (χ2v) is 7.46. The van der Waals surface area contributed by atoms with Crippen LogP contribution in [0.15, 0.2) is 0 Å². The van der Waals surface area contributed by atoms with E-state index in [9.17, 15) is 0 Å². The molecule has 3 N–H and O–H groups in total. The molecule has 4 heteroatoms. The summed E-state index contributed by atoms with van der Waals surface area (Å²) in [6, 6.07) is 1.29. The Morgan fingerprint density at radius 2 is 2.05 bits per heavy atom. The van der Waals surface area contributed by atoms with E-state index in [-0.39, 0.29) is 0 Å². The van der Waals surface area contributed by atoms with Crippen molar-refractivity contribution in [1.29, 1.82) is 0 Å². The maximum atomic E-state index is 5.65. The van der Waals surface area contributed by atoms with E-state index < -0.39 is 0 Å². The summed E-state index contributed by atoms with van der Waals surface area (Å²) in [6.45, 7) is 3.45. The lowest BCUT2D eigenvalue weighted by molar-refractivity contribution is -0.943. The summed E-state index contributed by atoms with van der Waals surface area (Å²) in [5, 5.41) is 7.83. The van der Waals surface area contributed by atoms with Crippen molar-refractivity contribution in [3.63, 3.8) is 0 Å². The zero-order valence-electron chi connectivity index (χ0n) is 12.9. The topological polar surface area (TPSA) is 28.5 Å². The third kappa shape index (κ3) is 3.70. The van der Waals surface area contributed by atoms with Crippen LogP contribution in [0.2, 0.25) is 0 Å². The minimum absolute atomic E-state index is 0.511. The van der Waals surface area contributed by atoms with Crippen LogP contribution in [0.4, 0.5) is 0 Å². The van der Waals surface area contributed by atoms with Crippen LogP contribution >= 0.6 is 12.2 Å².